The number of hydrogen-bond acceptors (Lipinski definition) is 0. The third kappa shape index (κ3) is 11.6. The third-order valence-corrected chi connectivity index (χ3v) is 0.491. The van der Waals surface area contributed by atoms with E-state index in [1.165, 1.54) is 0 Å². The fourth-order valence-corrected chi connectivity index (χ4v) is 0. The molecule has 0 aromatic carbocycles. The minimum atomic E-state index is 0. The van der Waals surface area contributed by atoms with Crippen molar-refractivity contribution in [2.45, 2.75) is 6.92 Å². The molecule has 26 valence electrons. The SMILES string of the molecule is CC#CBr.[MgH2]. The Bertz CT molecular complexity index is 43.6. The van der Waals surface area contributed by atoms with E-state index >= 15 is 0 Å². The van der Waals surface area contributed by atoms with Gasteiger partial charge < -0.3 is 0 Å². The summed E-state index contributed by atoms with van der Waals surface area (Å²) in [5.74, 6) is 2.60. The zero-order valence-corrected chi connectivity index (χ0v) is 3.96. The topological polar surface area (TPSA) is 0 Å². The van der Waals surface area contributed by atoms with Crippen LogP contribution in [0.15, 0.2) is 0 Å². The van der Waals surface area contributed by atoms with Crippen molar-refractivity contribution < 1.29 is 0 Å². The van der Waals surface area contributed by atoms with Crippen LogP contribution in [0.25, 0.3) is 0 Å². The molecule has 0 aliphatic heterocycles. The van der Waals surface area contributed by atoms with Crippen molar-refractivity contribution in [3.05, 3.63) is 0 Å². The van der Waals surface area contributed by atoms with E-state index < -0.39 is 0 Å². The van der Waals surface area contributed by atoms with Crippen LogP contribution in [-0.2, 0) is 0 Å². The van der Waals surface area contributed by atoms with Crippen LogP contribution >= 0.6 is 15.9 Å². The summed E-state index contributed by atoms with van der Waals surface area (Å²) in [5.41, 5.74) is 0. The van der Waals surface area contributed by atoms with Gasteiger partial charge in [0.25, 0.3) is 0 Å². The first-order chi connectivity index (χ1) is 1.91. The second kappa shape index (κ2) is 8.84. The molecule has 0 bridgehead atoms. The van der Waals surface area contributed by atoms with E-state index in [1.807, 2.05) is 0 Å². The van der Waals surface area contributed by atoms with Crippen molar-refractivity contribution in [2.24, 2.45) is 0 Å². The summed E-state index contributed by atoms with van der Waals surface area (Å²) in [5, 5.41) is 0. The van der Waals surface area contributed by atoms with Crippen LogP contribution in [0.2, 0.25) is 0 Å². The largest absolute Gasteiger partial charge is 0.316 e. The van der Waals surface area contributed by atoms with Crippen molar-refractivity contribution in [1.29, 1.82) is 0 Å². The summed E-state index contributed by atoms with van der Waals surface area (Å²) in [6, 6.07) is 0. The Labute approximate surface area is 56.6 Å². The Balaban J connectivity index is 0. The van der Waals surface area contributed by atoms with E-state index in [2.05, 4.69) is 26.7 Å². The predicted molar refractivity (Wildman–Crippen MR) is 30.9 cm³/mol. The Morgan fingerprint density at radius 1 is 1.60 bits per heavy atom. The van der Waals surface area contributed by atoms with Gasteiger partial charge >= 0.3 is 23.1 Å². The van der Waals surface area contributed by atoms with Gasteiger partial charge in [0.1, 0.15) is 0 Å². The van der Waals surface area contributed by atoms with Crippen LogP contribution in [-0.4, -0.2) is 23.1 Å². The van der Waals surface area contributed by atoms with Gasteiger partial charge in [0.05, 0.1) is 0 Å². The standard InChI is InChI=1S/C3H3Br.Mg.2H/c1-2-3-4;;;/h1H3;;;. The predicted octanol–water partition coefficient (Wildman–Crippen LogP) is 0.446. The average molecular weight is 145 g/mol. The number of rotatable bonds is 0. The van der Waals surface area contributed by atoms with Crippen LogP contribution in [0, 0.1) is 10.8 Å². The molecule has 0 radical (unpaired) electrons. The van der Waals surface area contributed by atoms with E-state index in [0.717, 1.165) is 0 Å². The molecule has 5 heavy (non-hydrogen) atoms. The zero-order valence-electron chi connectivity index (χ0n) is 2.38. The monoisotopic (exact) mass is 144 g/mol. The summed E-state index contributed by atoms with van der Waals surface area (Å²) in [4.78, 5) is 2.49. The van der Waals surface area contributed by atoms with Gasteiger partial charge in [-0.15, -0.1) is 0 Å². The number of hydrogen-bond donors (Lipinski definition) is 0. The van der Waals surface area contributed by atoms with Gasteiger partial charge in [0.2, 0.25) is 0 Å². The molecular weight excluding hydrogens is 140 g/mol. The van der Waals surface area contributed by atoms with Gasteiger partial charge in [0, 0.05) is 15.9 Å². The Kier molecular flexibility index (Phi) is 16.4. The van der Waals surface area contributed by atoms with E-state index in [4.69, 9.17) is 0 Å². The highest BCUT2D eigenvalue weighted by Gasteiger charge is 1.30. The van der Waals surface area contributed by atoms with Gasteiger partial charge in [0.15, 0.2) is 0 Å². The first kappa shape index (κ1) is 9.26. The third-order valence-electron chi connectivity index (χ3n) is 0.0945. The lowest BCUT2D eigenvalue weighted by atomic mass is 10.9. The molecule has 2 heteroatoms. The lowest BCUT2D eigenvalue weighted by molar-refractivity contribution is 1.94. The van der Waals surface area contributed by atoms with Gasteiger partial charge in [-0.1, -0.05) is 5.92 Å². The molecule has 0 aliphatic carbocycles. The second-order valence-electron chi connectivity index (χ2n) is 0.344. The summed E-state index contributed by atoms with van der Waals surface area (Å²) in [6.45, 7) is 1.77. The summed E-state index contributed by atoms with van der Waals surface area (Å²) < 4.78 is 0. The maximum absolute atomic E-state index is 2.89. The molecular formula is C3H5BrMg. The summed E-state index contributed by atoms with van der Waals surface area (Å²) >= 11 is 2.89. The van der Waals surface area contributed by atoms with Crippen LogP contribution in [0.5, 0.6) is 0 Å². The van der Waals surface area contributed by atoms with Gasteiger partial charge in [-0.3, -0.25) is 0 Å². The molecule has 0 heterocycles. The molecule has 0 atom stereocenters. The summed E-state index contributed by atoms with van der Waals surface area (Å²) in [7, 11) is 0. The van der Waals surface area contributed by atoms with Crippen LogP contribution < -0.4 is 0 Å². The maximum atomic E-state index is 2.89. The molecule has 0 nitrogen and oxygen atoms in total. The minimum absolute atomic E-state index is 0. The zero-order chi connectivity index (χ0) is 3.41. The lowest BCUT2D eigenvalue weighted by Gasteiger charge is -1.37. The van der Waals surface area contributed by atoms with Crippen molar-refractivity contribution in [3.63, 3.8) is 0 Å². The molecule has 0 aromatic heterocycles. The normalized spacial score (nSPS) is 2.80. The quantitative estimate of drug-likeness (QED) is 0.343. The lowest BCUT2D eigenvalue weighted by Crippen LogP contribution is -1.20. The molecule has 0 unspecified atom stereocenters. The van der Waals surface area contributed by atoms with Crippen molar-refractivity contribution in [3.8, 4) is 10.8 Å². The second-order valence-corrected chi connectivity index (χ2v) is 0.741. The first-order valence-electron chi connectivity index (χ1n) is 0.939. The molecule has 0 amide bonds. The van der Waals surface area contributed by atoms with Crippen LogP contribution in [0.1, 0.15) is 6.92 Å². The Morgan fingerprint density at radius 3 is 1.80 bits per heavy atom. The Morgan fingerprint density at radius 2 is 1.80 bits per heavy atom. The fourth-order valence-electron chi connectivity index (χ4n) is 0. The highest BCUT2D eigenvalue weighted by Crippen LogP contribution is 1.63. The van der Waals surface area contributed by atoms with E-state index in [-0.39, 0.29) is 23.1 Å². The van der Waals surface area contributed by atoms with Gasteiger partial charge in [-0.25, -0.2) is 0 Å². The smallest absolute Gasteiger partial charge is 0.0942 e. The van der Waals surface area contributed by atoms with E-state index in [1.54, 1.807) is 6.92 Å². The molecule has 0 spiro atoms. The van der Waals surface area contributed by atoms with Crippen LogP contribution in [0.3, 0.4) is 0 Å². The summed E-state index contributed by atoms with van der Waals surface area (Å²) in [6.07, 6.45) is 0. The maximum Gasteiger partial charge on any atom is 0.316 e. The molecule has 0 rings (SSSR count). The fraction of sp³-hybridized carbons (Fsp3) is 0.333. The average Bonchev–Trinajstić information content (AvgIpc) is 1.37. The molecule has 0 saturated heterocycles. The van der Waals surface area contributed by atoms with Gasteiger partial charge in [-0.05, 0) is 11.8 Å². The van der Waals surface area contributed by atoms with Crippen molar-refractivity contribution in [2.75, 3.05) is 0 Å². The molecule has 0 fully saturated rings. The molecule has 0 saturated carbocycles. The minimum Gasteiger partial charge on any atom is -0.0942 e. The van der Waals surface area contributed by atoms with Crippen LogP contribution in [0.4, 0.5) is 0 Å². The first-order valence-corrected chi connectivity index (χ1v) is 1.73. The van der Waals surface area contributed by atoms with Crippen molar-refractivity contribution >= 4 is 39.0 Å². The van der Waals surface area contributed by atoms with E-state index in [0.29, 0.717) is 0 Å². The molecule has 0 aromatic rings. The van der Waals surface area contributed by atoms with Crippen molar-refractivity contribution in [1.82, 2.24) is 0 Å². The van der Waals surface area contributed by atoms with Gasteiger partial charge in [-0.2, -0.15) is 0 Å². The molecule has 0 aliphatic rings. The van der Waals surface area contributed by atoms with E-state index in [9.17, 15) is 0 Å². The number of halogens is 1. The molecule has 0 N–H and O–H groups in total. The Hall–Kier alpha value is 0.806. The highest BCUT2D eigenvalue weighted by molar-refractivity contribution is 9.12. The highest BCUT2D eigenvalue weighted by atomic mass is 79.9.